The summed E-state index contributed by atoms with van der Waals surface area (Å²) in [6.07, 6.45) is 16.3. The van der Waals surface area contributed by atoms with E-state index in [1.807, 2.05) is 0 Å². The van der Waals surface area contributed by atoms with Crippen molar-refractivity contribution in [1.29, 1.82) is 0 Å². The smallest absolute Gasteiger partial charge is 0.171 e. The minimum absolute atomic E-state index is 0.00138. The second kappa shape index (κ2) is 9.81. The number of rotatable bonds is 5. The average molecular weight is 564 g/mol. The summed E-state index contributed by atoms with van der Waals surface area (Å²) in [6, 6.07) is 4.39. The Hall–Kier alpha value is -1.39. The van der Waals surface area contributed by atoms with Crippen LogP contribution in [0.1, 0.15) is 98.8 Å². The van der Waals surface area contributed by atoms with E-state index in [0.29, 0.717) is 41.1 Å². The molecule has 0 spiro atoms. The van der Waals surface area contributed by atoms with Gasteiger partial charge in [-0.25, -0.2) is 4.57 Å². The van der Waals surface area contributed by atoms with Gasteiger partial charge in [0.1, 0.15) is 0 Å². The van der Waals surface area contributed by atoms with Crippen molar-refractivity contribution in [1.82, 2.24) is 0 Å². The predicted molar refractivity (Wildman–Crippen MR) is 167 cm³/mol. The quantitative estimate of drug-likeness (QED) is 0.299. The zero-order valence-electron chi connectivity index (χ0n) is 27.3. The fourth-order valence-electron chi connectivity index (χ4n) is 12.7. The molecule has 1 aromatic heterocycles. The highest BCUT2D eigenvalue weighted by Crippen LogP contribution is 2.77. The number of anilines is 1. The first-order chi connectivity index (χ1) is 19.2. The molecule has 5 saturated carbocycles. The molecule has 0 radical (unpaired) electrons. The first kappa shape index (κ1) is 29.7. The van der Waals surface area contributed by atoms with Crippen LogP contribution in [0.25, 0.3) is 0 Å². The standard InChI is InChI=1S/C37H59N2O2/c1-25(23-39-21-14-26(15-22-39)38(7)8)27-11-18-37(24-40)20-19-35(5)28(32(27)37)9-10-30-34(4)16-13-31(41)33(2,3)29(34)12-17-36(30,35)6/h14-15,21-22,27-32,40-41H,1,9-13,16-20,23-24H2,2-8H3/q+1/t27-,28+,29-,30+,31?,32+,34-,35+,36+,37+/m0/s1. The SMILES string of the molecule is C=C(C[n+]1ccc(N(C)C)cc1)[C@@H]1CC[C@]2(CO)CC[C@]3(C)[C@H](CC[C@@H]4[C@@]5(C)CCC(O)C(C)(C)[C@@H]5CC[C@]43C)[C@@H]12. The van der Waals surface area contributed by atoms with Crippen LogP contribution in [0.15, 0.2) is 36.7 Å². The van der Waals surface area contributed by atoms with Crippen LogP contribution < -0.4 is 9.47 Å². The van der Waals surface area contributed by atoms with Gasteiger partial charge in [0, 0.05) is 38.5 Å². The molecule has 2 N–H and O–H groups in total. The minimum Gasteiger partial charge on any atom is -0.396 e. The molecule has 5 aliphatic rings. The van der Waals surface area contributed by atoms with E-state index < -0.39 is 0 Å². The van der Waals surface area contributed by atoms with Crippen molar-refractivity contribution in [2.24, 2.45) is 56.7 Å². The third-order valence-electron chi connectivity index (χ3n) is 15.2. The van der Waals surface area contributed by atoms with Crippen LogP contribution in [0.3, 0.4) is 0 Å². The molecule has 41 heavy (non-hydrogen) atoms. The molecular weight excluding hydrogens is 504 g/mol. The van der Waals surface area contributed by atoms with Gasteiger partial charge in [-0.2, -0.15) is 0 Å². The summed E-state index contributed by atoms with van der Waals surface area (Å²) in [5.41, 5.74) is 3.56. The molecule has 228 valence electrons. The second-order valence-electron chi connectivity index (χ2n) is 17.0. The topological polar surface area (TPSA) is 47.6 Å². The van der Waals surface area contributed by atoms with Crippen LogP contribution >= 0.6 is 0 Å². The van der Waals surface area contributed by atoms with Crippen molar-refractivity contribution in [2.75, 3.05) is 25.6 Å². The van der Waals surface area contributed by atoms with Crippen LogP contribution in [0, 0.1) is 56.7 Å². The zero-order chi connectivity index (χ0) is 29.6. The van der Waals surface area contributed by atoms with Gasteiger partial charge in [-0.1, -0.05) is 41.2 Å². The Kier molecular flexibility index (Phi) is 7.10. The highest BCUT2D eigenvalue weighted by atomic mass is 16.3. The first-order valence-corrected chi connectivity index (χ1v) is 16.9. The Morgan fingerprint density at radius 1 is 0.878 bits per heavy atom. The Bertz CT molecular complexity index is 1160. The number of nitrogens with zero attached hydrogens (tertiary/aromatic N) is 2. The summed E-state index contributed by atoms with van der Waals surface area (Å²) in [7, 11) is 4.18. The van der Waals surface area contributed by atoms with Crippen molar-refractivity contribution >= 4 is 5.69 Å². The summed E-state index contributed by atoms with van der Waals surface area (Å²) < 4.78 is 2.30. The lowest BCUT2D eigenvalue weighted by Gasteiger charge is -2.73. The Labute approximate surface area is 250 Å². The van der Waals surface area contributed by atoms with Crippen molar-refractivity contribution in [3.63, 3.8) is 0 Å². The normalized spacial score (nSPS) is 46.6. The van der Waals surface area contributed by atoms with E-state index in [9.17, 15) is 10.2 Å². The summed E-state index contributed by atoms with van der Waals surface area (Å²) in [5, 5.41) is 22.0. The molecule has 6 rings (SSSR count). The summed E-state index contributed by atoms with van der Waals surface area (Å²) in [5.74, 6) is 3.00. The van der Waals surface area contributed by atoms with E-state index in [1.54, 1.807) is 0 Å². The number of allylic oxidation sites excluding steroid dienone is 1. The molecule has 0 aliphatic heterocycles. The van der Waals surface area contributed by atoms with Crippen LogP contribution in [-0.4, -0.2) is 37.0 Å². The van der Waals surface area contributed by atoms with Gasteiger partial charge >= 0.3 is 0 Å². The Balaban J connectivity index is 1.31. The first-order valence-electron chi connectivity index (χ1n) is 16.9. The van der Waals surface area contributed by atoms with Gasteiger partial charge in [-0.15, -0.1) is 0 Å². The second-order valence-corrected chi connectivity index (χ2v) is 17.0. The maximum absolute atomic E-state index is 11.0. The van der Waals surface area contributed by atoms with Crippen LogP contribution in [-0.2, 0) is 6.54 Å². The molecule has 0 saturated heterocycles. The molecule has 5 aliphatic carbocycles. The Morgan fingerprint density at radius 3 is 2.24 bits per heavy atom. The molecule has 0 amide bonds. The minimum atomic E-state index is -0.168. The number of hydrogen-bond donors (Lipinski definition) is 2. The third kappa shape index (κ3) is 4.08. The monoisotopic (exact) mass is 563 g/mol. The lowest BCUT2D eigenvalue weighted by Crippen LogP contribution is -2.66. The van der Waals surface area contributed by atoms with Crippen molar-refractivity contribution in [2.45, 2.75) is 111 Å². The molecule has 1 aromatic rings. The predicted octanol–water partition coefficient (Wildman–Crippen LogP) is 7.03. The van der Waals surface area contributed by atoms with Crippen molar-refractivity contribution in [3.8, 4) is 0 Å². The van der Waals surface area contributed by atoms with Crippen LogP contribution in [0.5, 0.6) is 0 Å². The van der Waals surface area contributed by atoms with E-state index in [4.69, 9.17) is 6.58 Å². The largest absolute Gasteiger partial charge is 0.396 e. The van der Waals surface area contributed by atoms with Crippen molar-refractivity contribution < 1.29 is 14.8 Å². The summed E-state index contributed by atoms with van der Waals surface area (Å²) >= 11 is 0. The van der Waals surface area contributed by atoms with Gasteiger partial charge in [-0.05, 0) is 126 Å². The van der Waals surface area contributed by atoms with Gasteiger partial charge in [0.25, 0.3) is 0 Å². The number of fused-ring (bicyclic) bond motifs is 7. The molecule has 5 fully saturated rings. The third-order valence-corrected chi connectivity index (χ3v) is 15.2. The molecule has 0 bridgehead atoms. The fraction of sp³-hybridized carbons (Fsp3) is 0.811. The van der Waals surface area contributed by atoms with Gasteiger partial charge in [0.2, 0.25) is 0 Å². The number of aliphatic hydroxyl groups is 2. The maximum Gasteiger partial charge on any atom is 0.171 e. The van der Waals surface area contributed by atoms with Gasteiger partial charge < -0.3 is 15.1 Å². The molecule has 1 unspecified atom stereocenters. The van der Waals surface area contributed by atoms with Gasteiger partial charge in [0.15, 0.2) is 18.9 Å². The molecule has 4 nitrogen and oxygen atoms in total. The van der Waals surface area contributed by atoms with Gasteiger partial charge in [0.05, 0.1) is 6.10 Å². The fourth-order valence-corrected chi connectivity index (χ4v) is 12.7. The maximum atomic E-state index is 11.0. The zero-order valence-corrected chi connectivity index (χ0v) is 27.3. The number of aliphatic hydroxyl groups excluding tert-OH is 2. The molecule has 10 atom stereocenters. The van der Waals surface area contributed by atoms with E-state index >= 15 is 0 Å². The summed E-state index contributed by atoms with van der Waals surface area (Å²) in [4.78, 5) is 2.15. The lowest BCUT2D eigenvalue weighted by atomic mass is 9.32. The molecule has 0 aromatic carbocycles. The molecular formula is C37H59N2O2+. The highest BCUT2D eigenvalue weighted by Gasteiger charge is 2.70. The molecule has 4 heteroatoms. The van der Waals surface area contributed by atoms with Crippen LogP contribution in [0.4, 0.5) is 5.69 Å². The van der Waals surface area contributed by atoms with E-state index in [-0.39, 0.29) is 22.3 Å². The van der Waals surface area contributed by atoms with E-state index in [0.717, 1.165) is 25.3 Å². The van der Waals surface area contributed by atoms with E-state index in [1.165, 1.54) is 62.6 Å². The number of aromatic nitrogens is 1. The lowest BCUT2D eigenvalue weighted by molar-refractivity contribution is -0.689. The van der Waals surface area contributed by atoms with Crippen molar-refractivity contribution in [3.05, 3.63) is 36.7 Å². The number of pyridine rings is 1. The highest BCUT2D eigenvalue weighted by molar-refractivity contribution is 5.41. The molecule has 1 heterocycles. The van der Waals surface area contributed by atoms with E-state index in [2.05, 4.69) is 82.7 Å². The Morgan fingerprint density at radius 2 is 1.59 bits per heavy atom. The summed E-state index contributed by atoms with van der Waals surface area (Å²) in [6.45, 7) is 18.7. The number of hydrogen-bond acceptors (Lipinski definition) is 3. The van der Waals surface area contributed by atoms with Gasteiger partial charge in [-0.3, -0.25) is 0 Å². The van der Waals surface area contributed by atoms with Crippen LogP contribution in [0.2, 0.25) is 0 Å². The average Bonchev–Trinajstić information content (AvgIpc) is 3.32.